The van der Waals surface area contributed by atoms with Gasteiger partial charge in [0.05, 0.1) is 50.1 Å². The summed E-state index contributed by atoms with van der Waals surface area (Å²) in [4.78, 5) is 62.5. The Morgan fingerprint density at radius 1 is 1.06 bits per heavy atom. The molecule has 4 fully saturated rings. The Hall–Kier alpha value is -5.75. The van der Waals surface area contributed by atoms with Crippen molar-refractivity contribution in [2.24, 2.45) is 23.2 Å². The summed E-state index contributed by atoms with van der Waals surface area (Å²) in [5.74, 6) is -1.92. The van der Waals surface area contributed by atoms with Crippen LogP contribution in [-0.4, -0.2) is 110 Å². The number of anilines is 2. The molecule has 3 N–H and O–H groups in total. The van der Waals surface area contributed by atoms with E-state index >= 15 is 9.13 Å². The van der Waals surface area contributed by atoms with Crippen molar-refractivity contribution in [2.75, 3.05) is 50.7 Å². The van der Waals surface area contributed by atoms with E-state index < -0.39 is 87.7 Å². The van der Waals surface area contributed by atoms with E-state index in [2.05, 4.69) is 40.4 Å². The van der Waals surface area contributed by atoms with E-state index in [4.69, 9.17) is 43.2 Å². The van der Waals surface area contributed by atoms with Gasteiger partial charge < -0.3 is 24.2 Å². The van der Waals surface area contributed by atoms with Crippen LogP contribution in [0.3, 0.4) is 0 Å². The second-order valence-electron chi connectivity index (χ2n) is 17.1. The van der Waals surface area contributed by atoms with Gasteiger partial charge in [0.15, 0.2) is 17.4 Å². The van der Waals surface area contributed by atoms with Crippen LogP contribution in [0.5, 0.6) is 0 Å². The number of rotatable bonds is 13. The molecule has 6 heterocycles. The Bertz CT molecular complexity index is 2970. The molecule has 9 rings (SSSR count). The molecule has 5 aromatic rings. The van der Waals surface area contributed by atoms with Gasteiger partial charge in [0.2, 0.25) is 18.4 Å². The molecule has 24 nitrogen and oxygen atoms in total. The number of ether oxygens (including phenoxy) is 2. The minimum absolute atomic E-state index is 0.0661. The number of nitrogens with one attached hydrogen (secondary N) is 3. The summed E-state index contributed by atoms with van der Waals surface area (Å²) in [7, 11) is -8.04. The number of carbonyl (C=O) groups excluding carboxylic acids is 2. The molecule has 0 radical (unpaired) electrons. The number of aromatic nitrogens is 7. The Balaban J connectivity index is 1.09. The number of aromatic amines is 1. The number of carbonyl (C=O) groups is 2. The van der Waals surface area contributed by atoms with Gasteiger partial charge in [-0.2, -0.15) is 10.2 Å². The minimum Gasteiger partial charge on any atom is -0.376 e. The molecule has 2 aliphatic carbocycles. The quantitative estimate of drug-likeness (QED) is 0.0754. The number of methoxy groups -OCH3 is 1. The van der Waals surface area contributed by atoms with Crippen LogP contribution in [0.15, 0.2) is 60.0 Å². The molecule has 4 aliphatic rings. The van der Waals surface area contributed by atoms with E-state index in [1.54, 1.807) is 50.2 Å². The van der Waals surface area contributed by atoms with Crippen molar-refractivity contribution >= 4 is 61.4 Å². The maximum absolute atomic E-state index is 15.1. The lowest BCUT2D eigenvalue weighted by atomic mass is 9.94. The van der Waals surface area contributed by atoms with Gasteiger partial charge >= 0.3 is 15.6 Å². The summed E-state index contributed by atoms with van der Waals surface area (Å²) in [6.07, 6.45) is -1.52. The van der Waals surface area contributed by atoms with Crippen LogP contribution in [-0.2, 0) is 50.5 Å². The summed E-state index contributed by atoms with van der Waals surface area (Å²) < 4.78 is 82.7. The van der Waals surface area contributed by atoms with E-state index in [-0.39, 0.29) is 67.5 Å². The van der Waals surface area contributed by atoms with E-state index in [1.807, 2.05) is 23.8 Å². The van der Waals surface area contributed by atoms with Crippen LogP contribution in [0.25, 0.3) is 27.0 Å². The number of benzene rings is 1. The van der Waals surface area contributed by atoms with Gasteiger partial charge in [0.1, 0.15) is 42.7 Å². The fourth-order valence-electron chi connectivity index (χ4n) is 9.33. The number of phosphoric acid groups is 2. The fraction of sp³-hybridized carbons (Fsp3) is 0.500. The molecule has 11 atom stereocenters. The lowest BCUT2D eigenvalue weighted by Gasteiger charge is -2.32. The van der Waals surface area contributed by atoms with Crippen molar-refractivity contribution in [3.63, 3.8) is 0 Å². The van der Waals surface area contributed by atoms with Crippen LogP contribution < -0.4 is 16.2 Å². The van der Waals surface area contributed by atoms with E-state index in [9.17, 15) is 19.6 Å². The van der Waals surface area contributed by atoms with Crippen LogP contribution in [0.2, 0.25) is 0 Å². The van der Waals surface area contributed by atoms with Gasteiger partial charge in [-0.15, -0.1) is 0 Å². The van der Waals surface area contributed by atoms with Crippen molar-refractivity contribution in [2.45, 2.75) is 70.3 Å². The van der Waals surface area contributed by atoms with Gasteiger partial charge in [-0.05, 0) is 30.5 Å². The molecule has 68 heavy (non-hydrogen) atoms. The first-order valence-electron chi connectivity index (χ1n) is 21.7. The topological polar surface area (TPSA) is 289 Å². The second kappa shape index (κ2) is 19.0. The van der Waals surface area contributed by atoms with Gasteiger partial charge in [0, 0.05) is 42.2 Å². The molecule has 1 spiro atoms. The molecule has 2 saturated heterocycles. The SMILES string of the molecule is [C-]#[N+]CCOP1(=O)OC[C@H]2O[C@@H](n3cnc4c(=O)[nH]c(NC(=O)C(C)C)nc43)[C@H](OP(=O)(OCCC#N)OC[C@@]34C[C@@H]3[C@@H](n3ccc5c(NC(=O)c6ccccc6)ncnc53)[C@H](C)[C@@H]4O1)[C@@H]2OC. The summed E-state index contributed by atoms with van der Waals surface area (Å²) >= 11 is 0. The molecular formula is C42H47N11O13P2. The summed E-state index contributed by atoms with van der Waals surface area (Å²) in [6.45, 7) is 10.9. The standard InChI is InChI=1S/C42H47N11O13P2/c1-23(2)37(54)50-41-49-36-29(39(56)51-41)47-22-53(36)40-32-31(59-5)28(64-40)19-62-67(57,61-17-14-44-4)66-33-24(3)30(27-18-42(27,33)20-63-68(58,65-32)60-16-9-13-43)52-15-12-26-34(45-21-46-35(26)52)48-38(55)25-10-7-6-8-11-25/h6-8,10-12,15,21-24,27-28,30-33,40H,9,14,16-20H2,1-3,5H3,(H,45,46,48,55)(H2,49,50,51,54,56)/t24-,27+,28+,30-,31+,32+,33-,40+,42-,67?,68?/m0/s1. The number of amides is 2. The number of phosphoric ester groups is 2. The zero-order chi connectivity index (χ0) is 48.0. The Morgan fingerprint density at radius 3 is 2.59 bits per heavy atom. The van der Waals surface area contributed by atoms with Gasteiger partial charge in [-0.1, -0.05) is 39.0 Å². The van der Waals surface area contributed by atoms with Crippen LogP contribution >= 0.6 is 15.6 Å². The van der Waals surface area contributed by atoms with Crippen molar-refractivity contribution in [1.29, 1.82) is 5.26 Å². The largest absolute Gasteiger partial charge is 0.475 e. The third kappa shape index (κ3) is 8.89. The fourth-order valence-corrected chi connectivity index (χ4v) is 12.3. The first kappa shape index (κ1) is 47.3. The monoisotopic (exact) mass is 975 g/mol. The lowest BCUT2D eigenvalue weighted by Crippen LogP contribution is -2.37. The highest BCUT2D eigenvalue weighted by Crippen LogP contribution is 2.74. The van der Waals surface area contributed by atoms with Gasteiger partial charge in [-0.25, -0.2) is 30.7 Å². The van der Waals surface area contributed by atoms with Crippen molar-refractivity contribution in [3.05, 3.63) is 82.6 Å². The van der Waals surface area contributed by atoms with Gasteiger partial charge in [0.25, 0.3) is 11.5 Å². The average molecular weight is 976 g/mol. The highest BCUT2D eigenvalue weighted by molar-refractivity contribution is 7.48. The molecule has 26 heteroatoms. The van der Waals surface area contributed by atoms with Crippen LogP contribution in [0.4, 0.5) is 11.8 Å². The summed E-state index contributed by atoms with van der Waals surface area (Å²) in [6, 6.07) is 12.0. The van der Waals surface area contributed by atoms with E-state index in [1.165, 1.54) is 24.3 Å². The number of nitriles is 1. The minimum atomic E-state index is -4.75. The van der Waals surface area contributed by atoms with Crippen molar-refractivity contribution in [1.82, 2.24) is 34.1 Å². The average Bonchev–Trinajstić information content (AvgIpc) is 3.60. The predicted octanol–water partition coefficient (Wildman–Crippen LogP) is 5.42. The molecular weight excluding hydrogens is 928 g/mol. The van der Waals surface area contributed by atoms with E-state index in [0.29, 0.717) is 23.0 Å². The molecule has 358 valence electrons. The maximum Gasteiger partial charge on any atom is 0.475 e. The first-order chi connectivity index (χ1) is 32.7. The molecule has 2 aliphatic heterocycles. The van der Waals surface area contributed by atoms with Crippen LogP contribution in [0.1, 0.15) is 56.2 Å². The number of fused-ring (bicyclic) bond motifs is 4. The first-order valence-corrected chi connectivity index (χ1v) is 24.6. The van der Waals surface area contributed by atoms with Gasteiger partial charge in [-0.3, -0.25) is 56.4 Å². The number of hydrogen-bond donors (Lipinski definition) is 3. The Labute approximate surface area is 388 Å². The van der Waals surface area contributed by atoms with Crippen molar-refractivity contribution in [3.8, 4) is 6.07 Å². The molecule has 2 bridgehead atoms. The zero-order valence-electron chi connectivity index (χ0n) is 37.1. The third-order valence-electron chi connectivity index (χ3n) is 12.6. The number of imidazole rings is 1. The predicted molar refractivity (Wildman–Crippen MR) is 237 cm³/mol. The Kier molecular flexibility index (Phi) is 13.2. The molecule has 2 saturated carbocycles. The summed E-state index contributed by atoms with van der Waals surface area (Å²) in [5, 5.41) is 15.4. The van der Waals surface area contributed by atoms with E-state index in [0.717, 1.165) is 0 Å². The molecule has 2 unspecified atom stereocenters. The third-order valence-corrected chi connectivity index (χ3v) is 15.5. The maximum atomic E-state index is 15.1. The molecule has 2 amide bonds. The molecule has 4 aromatic heterocycles. The number of nitrogens with zero attached hydrogens (tertiary/aromatic N) is 8. The normalized spacial score (nSPS) is 31.2. The van der Waals surface area contributed by atoms with Crippen LogP contribution in [0, 0.1) is 41.1 Å². The number of hydrogen-bond acceptors (Lipinski definition) is 18. The second-order valence-corrected chi connectivity index (χ2v) is 20.3. The number of H-pyrrole nitrogens is 1. The highest BCUT2D eigenvalue weighted by atomic mass is 31.2. The zero-order valence-corrected chi connectivity index (χ0v) is 38.9. The lowest BCUT2D eigenvalue weighted by molar-refractivity contribution is -0.118. The van der Waals surface area contributed by atoms with Crippen molar-refractivity contribution < 1.29 is 55.3 Å². The highest BCUT2D eigenvalue weighted by Gasteiger charge is 2.73. The Morgan fingerprint density at radius 2 is 1.84 bits per heavy atom. The molecule has 1 aromatic carbocycles. The summed E-state index contributed by atoms with van der Waals surface area (Å²) in [5.41, 5.74) is -0.995. The smallest absolute Gasteiger partial charge is 0.376 e.